The zero-order valence-corrected chi connectivity index (χ0v) is 18.0. The van der Waals surface area contributed by atoms with E-state index < -0.39 is 15.1 Å². The third-order valence-corrected chi connectivity index (χ3v) is 7.45. The Morgan fingerprint density at radius 1 is 1.21 bits per heavy atom. The van der Waals surface area contributed by atoms with Crippen LogP contribution in [-0.4, -0.2) is 31.5 Å². The fraction of sp³-hybridized carbons (Fsp3) is 0.333. The summed E-state index contributed by atoms with van der Waals surface area (Å²) in [6.45, 7) is 4.95. The second kappa shape index (κ2) is 8.16. The molecule has 0 fully saturated rings. The normalized spacial score (nSPS) is 17.0. The van der Waals surface area contributed by atoms with Gasteiger partial charge in [-0.05, 0) is 68.3 Å². The number of carbonyl (C=O) groups excluding carboxylic acids is 2. The van der Waals surface area contributed by atoms with Gasteiger partial charge in [0, 0.05) is 35.8 Å². The first-order chi connectivity index (χ1) is 13.6. The first kappa shape index (κ1) is 21.3. The van der Waals surface area contributed by atoms with Gasteiger partial charge >= 0.3 is 0 Å². The van der Waals surface area contributed by atoms with Gasteiger partial charge in [-0.3, -0.25) is 9.59 Å². The van der Waals surface area contributed by atoms with Crippen LogP contribution in [0.15, 0.2) is 47.4 Å². The highest BCUT2D eigenvalue weighted by molar-refractivity contribution is 7.92. The van der Waals surface area contributed by atoms with Crippen LogP contribution in [0.2, 0.25) is 5.02 Å². The standard InChI is InChI=1S/C21H23ClN2O4S/c1-13-10-16-12-19(8-9-20(16)24(13)15(3)25)29(27,28)14(2)11-21(26)23-18-6-4-17(22)5-7-18/h4-9,12-14H,10-11H2,1-3H3,(H,23,26)/t13-,14-/m0/s1. The first-order valence-corrected chi connectivity index (χ1v) is 11.2. The molecule has 0 aromatic heterocycles. The lowest BCUT2D eigenvalue weighted by molar-refractivity contribution is -0.117. The van der Waals surface area contributed by atoms with Crippen LogP contribution in [0, 0.1) is 0 Å². The second-order valence-corrected chi connectivity index (χ2v) is 10.2. The van der Waals surface area contributed by atoms with Gasteiger partial charge in [-0.2, -0.15) is 0 Å². The van der Waals surface area contributed by atoms with Gasteiger partial charge < -0.3 is 10.2 Å². The molecule has 0 unspecified atom stereocenters. The van der Waals surface area contributed by atoms with E-state index >= 15 is 0 Å². The summed E-state index contributed by atoms with van der Waals surface area (Å²) in [7, 11) is -3.70. The van der Waals surface area contributed by atoms with Crippen molar-refractivity contribution in [2.45, 2.75) is 49.8 Å². The Morgan fingerprint density at radius 3 is 2.48 bits per heavy atom. The zero-order valence-electron chi connectivity index (χ0n) is 16.5. The molecule has 2 aromatic carbocycles. The highest BCUT2D eigenvalue weighted by atomic mass is 35.5. The fourth-order valence-electron chi connectivity index (χ4n) is 3.61. The van der Waals surface area contributed by atoms with E-state index in [1.54, 1.807) is 41.3 Å². The summed E-state index contributed by atoms with van der Waals surface area (Å²) in [6.07, 6.45) is 0.432. The molecule has 2 aromatic rings. The average Bonchev–Trinajstić information content (AvgIpc) is 2.98. The van der Waals surface area contributed by atoms with Crippen molar-refractivity contribution in [2.75, 3.05) is 10.2 Å². The molecule has 0 aliphatic carbocycles. The minimum Gasteiger partial charge on any atom is -0.326 e. The highest BCUT2D eigenvalue weighted by Gasteiger charge is 2.32. The molecule has 1 N–H and O–H groups in total. The summed E-state index contributed by atoms with van der Waals surface area (Å²) in [6, 6.07) is 11.4. The number of sulfone groups is 1. The SMILES string of the molecule is CC(=O)N1c2ccc(S(=O)(=O)[C@@H](C)CC(=O)Nc3ccc(Cl)cc3)cc2C[C@@H]1C. The van der Waals surface area contributed by atoms with E-state index in [2.05, 4.69) is 5.32 Å². The largest absolute Gasteiger partial charge is 0.326 e. The maximum absolute atomic E-state index is 13.0. The topological polar surface area (TPSA) is 83.6 Å². The van der Waals surface area contributed by atoms with Crippen LogP contribution < -0.4 is 10.2 Å². The van der Waals surface area contributed by atoms with Crippen molar-refractivity contribution in [1.82, 2.24) is 0 Å². The fourth-order valence-corrected chi connectivity index (χ4v) is 5.14. The maximum Gasteiger partial charge on any atom is 0.225 e. The Kier molecular flexibility index (Phi) is 6.00. The number of hydrogen-bond acceptors (Lipinski definition) is 4. The highest BCUT2D eigenvalue weighted by Crippen LogP contribution is 2.34. The monoisotopic (exact) mass is 434 g/mol. The number of halogens is 1. The summed E-state index contributed by atoms with van der Waals surface area (Å²) in [5, 5.41) is 2.34. The zero-order chi connectivity index (χ0) is 21.3. The van der Waals surface area contributed by atoms with E-state index in [0.29, 0.717) is 17.1 Å². The van der Waals surface area contributed by atoms with Crippen molar-refractivity contribution in [3.63, 3.8) is 0 Å². The Balaban J connectivity index is 1.75. The molecular formula is C21H23ClN2O4S. The van der Waals surface area contributed by atoms with E-state index in [1.165, 1.54) is 19.9 Å². The van der Waals surface area contributed by atoms with E-state index in [0.717, 1.165) is 11.3 Å². The first-order valence-electron chi connectivity index (χ1n) is 9.31. The molecule has 1 aliphatic rings. The lowest BCUT2D eigenvalue weighted by Gasteiger charge is -2.20. The molecule has 0 saturated heterocycles. The number of carbonyl (C=O) groups is 2. The number of nitrogens with one attached hydrogen (secondary N) is 1. The molecule has 0 saturated carbocycles. The van der Waals surface area contributed by atoms with Crippen molar-refractivity contribution >= 4 is 44.6 Å². The van der Waals surface area contributed by atoms with Crippen molar-refractivity contribution < 1.29 is 18.0 Å². The third-order valence-electron chi connectivity index (χ3n) is 5.06. The van der Waals surface area contributed by atoms with Gasteiger partial charge in [0.15, 0.2) is 9.84 Å². The van der Waals surface area contributed by atoms with Gasteiger partial charge in [0.1, 0.15) is 0 Å². The Bertz CT molecular complexity index is 1050. The number of amides is 2. The van der Waals surface area contributed by atoms with Crippen LogP contribution in [0.4, 0.5) is 11.4 Å². The lowest BCUT2D eigenvalue weighted by Crippen LogP contribution is -2.33. The van der Waals surface area contributed by atoms with Gasteiger partial charge in [0.05, 0.1) is 10.1 Å². The van der Waals surface area contributed by atoms with Crippen molar-refractivity contribution in [3.8, 4) is 0 Å². The lowest BCUT2D eigenvalue weighted by atomic mass is 10.1. The summed E-state index contributed by atoms with van der Waals surface area (Å²) in [5.41, 5.74) is 2.13. The van der Waals surface area contributed by atoms with Gasteiger partial charge in [-0.25, -0.2) is 8.42 Å². The van der Waals surface area contributed by atoms with E-state index in [1.807, 2.05) is 6.92 Å². The molecule has 0 bridgehead atoms. The molecular weight excluding hydrogens is 412 g/mol. The number of fused-ring (bicyclic) bond motifs is 1. The van der Waals surface area contributed by atoms with E-state index in [-0.39, 0.29) is 29.2 Å². The molecule has 1 aliphatic heterocycles. The molecule has 0 radical (unpaired) electrons. The maximum atomic E-state index is 13.0. The van der Waals surface area contributed by atoms with Crippen LogP contribution in [0.5, 0.6) is 0 Å². The van der Waals surface area contributed by atoms with Crippen LogP contribution >= 0.6 is 11.6 Å². The molecule has 2 amide bonds. The molecule has 29 heavy (non-hydrogen) atoms. The Morgan fingerprint density at radius 2 is 1.86 bits per heavy atom. The minimum atomic E-state index is -3.70. The number of hydrogen-bond donors (Lipinski definition) is 1. The number of benzene rings is 2. The Hall–Kier alpha value is -2.38. The summed E-state index contributed by atoms with van der Waals surface area (Å²) < 4.78 is 26.0. The van der Waals surface area contributed by atoms with Gasteiger partial charge in [0.25, 0.3) is 0 Å². The molecule has 2 atom stereocenters. The molecule has 1 heterocycles. The van der Waals surface area contributed by atoms with E-state index in [9.17, 15) is 18.0 Å². The van der Waals surface area contributed by atoms with Crippen molar-refractivity contribution in [3.05, 3.63) is 53.1 Å². The van der Waals surface area contributed by atoms with E-state index in [4.69, 9.17) is 11.6 Å². The molecule has 6 nitrogen and oxygen atoms in total. The number of anilines is 2. The molecule has 154 valence electrons. The van der Waals surface area contributed by atoms with Crippen molar-refractivity contribution in [2.24, 2.45) is 0 Å². The van der Waals surface area contributed by atoms with Crippen molar-refractivity contribution in [1.29, 1.82) is 0 Å². The van der Waals surface area contributed by atoms with Gasteiger partial charge in [-0.1, -0.05) is 11.6 Å². The summed E-state index contributed by atoms with van der Waals surface area (Å²) in [5.74, 6) is -0.458. The molecule has 0 spiro atoms. The van der Waals surface area contributed by atoms with Crippen LogP contribution in [0.25, 0.3) is 0 Å². The average molecular weight is 435 g/mol. The predicted octanol–water partition coefficient (Wildman–Crippen LogP) is 3.83. The second-order valence-electron chi connectivity index (χ2n) is 7.35. The van der Waals surface area contributed by atoms with Crippen LogP contribution in [0.3, 0.4) is 0 Å². The number of rotatable bonds is 5. The third kappa shape index (κ3) is 4.46. The minimum absolute atomic E-state index is 0.0111. The number of nitrogens with zero attached hydrogens (tertiary/aromatic N) is 1. The summed E-state index contributed by atoms with van der Waals surface area (Å²) >= 11 is 5.82. The quantitative estimate of drug-likeness (QED) is 0.775. The van der Waals surface area contributed by atoms with Crippen LogP contribution in [0.1, 0.15) is 32.8 Å². The molecule has 8 heteroatoms. The van der Waals surface area contributed by atoms with Gasteiger partial charge in [0.2, 0.25) is 11.8 Å². The van der Waals surface area contributed by atoms with Gasteiger partial charge in [-0.15, -0.1) is 0 Å². The predicted molar refractivity (Wildman–Crippen MR) is 114 cm³/mol. The Labute approximate surface area is 175 Å². The molecule has 3 rings (SSSR count). The smallest absolute Gasteiger partial charge is 0.225 e. The van der Waals surface area contributed by atoms with Crippen LogP contribution in [-0.2, 0) is 25.8 Å². The summed E-state index contributed by atoms with van der Waals surface area (Å²) in [4.78, 5) is 26.0.